The van der Waals surface area contributed by atoms with Gasteiger partial charge in [-0.2, -0.15) is 5.21 Å². The Bertz CT molecular complexity index is 745. The molecule has 0 spiro atoms. The number of rotatable bonds is 5. The van der Waals surface area contributed by atoms with Crippen molar-refractivity contribution >= 4 is 17.5 Å². The van der Waals surface area contributed by atoms with Crippen molar-refractivity contribution in [3.8, 4) is 11.4 Å². The topological polar surface area (TPSA) is 116 Å². The van der Waals surface area contributed by atoms with Crippen LogP contribution in [-0.2, 0) is 9.59 Å². The van der Waals surface area contributed by atoms with E-state index in [9.17, 15) is 9.59 Å². The van der Waals surface area contributed by atoms with Gasteiger partial charge in [-0.3, -0.25) is 14.5 Å². The lowest BCUT2D eigenvalue weighted by Gasteiger charge is -2.37. The van der Waals surface area contributed by atoms with Gasteiger partial charge < -0.3 is 10.6 Å². The quantitative estimate of drug-likeness (QED) is 0.724. The number of aromatic nitrogens is 4. The van der Waals surface area contributed by atoms with E-state index in [-0.39, 0.29) is 24.3 Å². The average Bonchev–Trinajstić information content (AvgIpc) is 3.11. The average molecular weight is 343 g/mol. The van der Waals surface area contributed by atoms with Crippen LogP contribution >= 0.6 is 0 Å². The Hall–Kier alpha value is -2.81. The minimum absolute atomic E-state index is 0.0879. The minimum atomic E-state index is -0.467. The van der Waals surface area contributed by atoms with Crippen LogP contribution in [-0.4, -0.2) is 62.5 Å². The zero-order valence-corrected chi connectivity index (χ0v) is 14.2. The summed E-state index contributed by atoms with van der Waals surface area (Å²) < 4.78 is 0. The number of aromatic amines is 1. The van der Waals surface area contributed by atoms with Crippen molar-refractivity contribution < 1.29 is 9.59 Å². The van der Waals surface area contributed by atoms with E-state index in [0.29, 0.717) is 23.6 Å². The summed E-state index contributed by atoms with van der Waals surface area (Å²) in [7, 11) is 0. The van der Waals surface area contributed by atoms with Crippen LogP contribution in [0.15, 0.2) is 24.3 Å². The highest BCUT2D eigenvalue weighted by molar-refractivity contribution is 5.98. The number of anilines is 1. The SMILES string of the molecule is CC(C)N1CCNC(=O)C1CC(=O)Nc1ccccc1-c1nn[nH]n1. The maximum Gasteiger partial charge on any atom is 0.237 e. The van der Waals surface area contributed by atoms with Crippen molar-refractivity contribution in [2.75, 3.05) is 18.4 Å². The molecule has 2 amide bonds. The van der Waals surface area contributed by atoms with E-state index in [1.807, 2.05) is 30.9 Å². The van der Waals surface area contributed by atoms with Gasteiger partial charge in [0.1, 0.15) is 0 Å². The molecule has 1 fully saturated rings. The molecule has 3 rings (SSSR count). The smallest absolute Gasteiger partial charge is 0.237 e. The van der Waals surface area contributed by atoms with Gasteiger partial charge in [0.2, 0.25) is 17.6 Å². The molecule has 1 aliphatic heterocycles. The summed E-state index contributed by atoms with van der Waals surface area (Å²) in [6.07, 6.45) is 0.0879. The van der Waals surface area contributed by atoms with E-state index in [4.69, 9.17) is 0 Å². The van der Waals surface area contributed by atoms with E-state index in [1.165, 1.54) is 0 Å². The number of piperazine rings is 1. The monoisotopic (exact) mass is 343 g/mol. The molecule has 1 aromatic carbocycles. The molecule has 1 atom stereocenters. The van der Waals surface area contributed by atoms with E-state index in [1.54, 1.807) is 12.1 Å². The minimum Gasteiger partial charge on any atom is -0.353 e. The van der Waals surface area contributed by atoms with Crippen molar-refractivity contribution in [3.63, 3.8) is 0 Å². The van der Waals surface area contributed by atoms with Crippen LogP contribution in [0.1, 0.15) is 20.3 Å². The fourth-order valence-corrected chi connectivity index (χ4v) is 3.00. The van der Waals surface area contributed by atoms with Crippen LogP contribution in [0.3, 0.4) is 0 Å². The van der Waals surface area contributed by atoms with Crippen LogP contribution in [0.5, 0.6) is 0 Å². The first kappa shape index (κ1) is 17.0. The Kier molecular flexibility index (Phi) is 5.03. The first-order valence-corrected chi connectivity index (χ1v) is 8.22. The molecule has 0 radical (unpaired) electrons. The van der Waals surface area contributed by atoms with E-state index < -0.39 is 6.04 Å². The Morgan fingerprint density at radius 2 is 2.20 bits per heavy atom. The first-order chi connectivity index (χ1) is 12.1. The van der Waals surface area contributed by atoms with E-state index in [2.05, 4.69) is 31.3 Å². The largest absolute Gasteiger partial charge is 0.353 e. The Morgan fingerprint density at radius 3 is 2.92 bits per heavy atom. The molecule has 1 saturated heterocycles. The Balaban J connectivity index is 1.74. The van der Waals surface area contributed by atoms with Gasteiger partial charge in [-0.05, 0) is 31.2 Å². The highest BCUT2D eigenvalue weighted by Gasteiger charge is 2.33. The zero-order valence-electron chi connectivity index (χ0n) is 14.2. The van der Waals surface area contributed by atoms with Crippen molar-refractivity contribution in [1.82, 2.24) is 30.8 Å². The number of tetrazole rings is 1. The molecule has 2 aromatic rings. The molecule has 1 aliphatic rings. The van der Waals surface area contributed by atoms with Gasteiger partial charge in [0.15, 0.2) is 0 Å². The summed E-state index contributed by atoms with van der Waals surface area (Å²) >= 11 is 0. The lowest BCUT2D eigenvalue weighted by molar-refractivity contribution is -0.133. The van der Waals surface area contributed by atoms with Crippen LogP contribution in [0, 0.1) is 0 Å². The lowest BCUT2D eigenvalue weighted by atomic mass is 10.1. The third-order valence-corrected chi connectivity index (χ3v) is 4.20. The van der Waals surface area contributed by atoms with Crippen molar-refractivity contribution in [2.24, 2.45) is 0 Å². The van der Waals surface area contributed by atoms with Crippen molar-refractivity contribution in [1.29, 1.82) is 0 Å². The summed E-state index contributed by atoms with van der Waals surface area (Å²) in [6, 6.07) is 6.93. The molecule has 0 saturated carbocycles. The number of para-hydroxylation sites is 1. The van der Waals surface area contributed by atoms with Gasteiger partial charge in [-0.1, -0.05) is 12.1 Å². The highest BCUT2D eigenvalue weighted by Crippen LogP contribution is 2.24. The normalized spacial score (nSPS) is 18.2. The summed E-state index contributed by atoms with van der Waals surface area (Å²) in [4.78, 5) is 26.8. The van der Waals surface area contributed by atoms with E-state index in [0.717, 1.165) is 6.54 Å². The molecule has 3 N–H and O–H groups in total. The Morgan fingerprint density at radius 1 is 1.40 bits per heavy atom. The first-order valence-electron chi connectivity index (χ1n) is 8.22. The second kappa shape index (κ2) is 7.39. The number of nitrogens with zero attached hydrogens (tertiary/aromatic N) is 4. The lowest BCUT2D eigenvalue weighted by Crippen LogP contribution is -2.58. The molecule has 9 nitrogen and oxygen atoms in total. The molecule has 0 bridgehead atoms. The predicted octanol–water partition coefficient (Wildman–Crippen LogP) is 0.404. The number of hydrogen-bond donors (Lipinski definition) is 3. The van der Waals surface area contributed by atoms with Gasteiger partial charge in [-0.15, -0.1) is 10.2 Å². The van der Waals surface area contributed by atoms with E-state index >= 15 is 0 Å². The summed E-state index contributed by atoms with van der Waals surface area (Å²) in [5.74, 6) is 0.0558. The second-order valence-corrected chi connectivity index (χ2v) is 6.17. The molecule has 1 unspecified atom stereocenters. The number of hydrogen-bond acceptors (Lipinski definition) is 6. The number of H-pyrrole nitrogens is 1. The summed E-state index contributed by atoms with van der Waals surface area (Å²) in [5, 5.41) is 19.5. The van der Waals surface area contributed by atoms with Crippen molar-refractivity contribution in [2.45, 2.75) is 32.4 Å². The molecule has 0 aliphatic carbocycles. The molecular weight excluding hydrogens is 322 g/mol. The van der Waals surface area contributed by atoms with Crippen LogP contribution in [0.4, 0.5) is 5.69 Å². The third-order valence-electron chi connectivity index (χ3n) is 4.20. The molecule has 25 heavy (non-hydrogen) atoms. The second-order valence-electron chi connectivity index (χ2n) is 6.17. The van der Waals surface area contributed by atoms with Gasteiger partial charge in [-0.25, -0.2) is 0 Å². The van der Waals surface area contributed by atoms with Gasteiger partial charge in [0, 0.05) is 24.7 Å². The van der Waals surface area contributed by atoms with Gasteiger partial charge in [0.25, 0.3) is 0 Å². The number of carbonyl (C=O) groups excluding carboxylic acids is 2. The zero-order chi connectivity index (χ0) is 17.8. The summed E-state index contributed by atoms with van der Waals surface area (Å²) in [5.41, 5.74) is 1.25. The Labute approximate surface area is 145 Å². The fourth-order valence-electron chi connectivity index (χ4n) is 3.00. The van der Waals surface area contributed by atoms with Gasteiger partial charge in [0.05, 0.1) is 18.2 Å². The van der Waals surface area contributed by atoms with Gasteiger partial charge >= 0.3 is 0 Å². The van der Waals surface area contributed by atoms with Crippen LogP contribution in [0.25, 0.3) is 11.4 Å². The molecule has 2 heterocycles. The predicted molar refractivity (Wildman–Crippen MR) is 91.5 cm³/mol. The molecule has 9 heteroatoms. The number of nitrogens with one attached hydrogen (secondary N) is 3. The highest BCUT2D eigenvalue weighted by atomic mass is 16.2. The molecule has 132 valence electrons. The van der Waals surface area contributed by atoms with Crippen LogP contribution in [0.2, 0.25) is 0 Å². The maximum absolute atomic E-state index is 12.5. The maximum atomic E-state index is 12.5. The fraction of sp³-hybridized carbons (Fsp3) is 0.438. The summed E-state index contributed by atoms with van der Waals surface area (Å²) in [6.45, 7) is 5.39. The molecular formula is C16H21N7O2. The standard InChI is InChI=1S/C16H21N7O2/c1-10(2)23-8-7-17-16(25)13(23)9-14(24)18-12-6-4-3-5-11(12)15-19-21-22-20-15/h3-6,10,13H,7-9H2,1-2H3,(H,17,25)(H,18,24)(H,19,20,21,22). The number of amides is 2. The molecule has 1 aromatic heterocycles. The van der Waals surface area contributed by atoms with Crippen molar-refractivity contribution in [3.05, 3.63) is 24.3 Å². The number of benzene rings is 1. The number of carbonyl (C=O) groups is 2. The third kappa shape index (κ3) is 3.82. The van der Waals surface area contributed by atoms with Crippen LogP contribution < -0.4 is 10.6 Å².